The number of hydrogen-bond acceptors (Lipinski definition) is 6. The Hall–Kier alpha value is -3.14. The van der Waals surface area contributed by atoms with Crippen LogP contribution in [0, 0.1) is 6.92 Å². The molecule has 32 heavy (non-hydrogen) atoms. The minimum absolute atomic E-state index is 0.0231. The number of aromatic nitrogens is 3. The van der Waals surface area contributed by atoms with Crippen molar-refractivity contribution in [3.63, 3.8) is 0 Å². The lowest BCUT2D eigenvalue weighted by Crippen LogP contribution is -2.53. The van der Waals surface area contributed by atoms with Crippen molar-refractivity contribution in [1.82, 2.24) is 25.2 Å². The molecule has 8 nitrogen and oxygen atoms in total. The van der Waals surface area contributed by atoms with Crippen LogP contribution in [0.5, 0.6) is 0 Å². The Kier molecular flexibility index (Phi) is 5.46. The summed E-state index contributed by atoms with van der Waals surface area (Å²) in [5.74, 6) is 1.59. The van der Waals surface area contributed by atoms with Crippen LogP contribution in [-0.4, -0.2) is 57.0 Å². The molecule has 10 heteroatoms. The number of nitrogens with zero attached hydrogens (tertiary/aromatic N) is 4. The quantitative estimate of drug-likeness (QED) is 0.621. The van der Waals surface area contributed by atoms with Gasteiger partial charge in [-0.2, -0.15) is 0 Å². The monoisotopic (exact) mass is 442 g/mol. The van der Waals surface area contributed by atoms with Gasteiger partial charge in [0.2, 0.25) is 0 Å². The van der Waals surface area contributed by atoms with E-state index in [0.717, 1.165) is 23.6 Å². The Bertz CT molecular complexity index is 1120. The number of hydrogen-bond donors (Lipinski definition) is 2. The van der Waals surface area contributed by atoms with Crippen molar-refractivity contribution in [2.24, 2.45) is 0 Å². The van der Waals surface area contributed by atoms with Crippen LogP contribution in [0.15, 0.2) is 35.1 Å². The molecule has 2 N–H and O–H groups in total. The fourth-order valence-corrected chi connectivity index (χ4v) is 4.83. The number of halogens is 2. The second-order valence-electron chi connectivity index (χ2n) is 8.42. The molecule has 2 aliphatic rings. The van der Waals surface area contributed by atoms with Crippen LogP contribution in [-0.2, 0) is 0 Å². The standard InChI is InChI=1S/C22H24F2N6O2/c1-12-25-10-19(32-12)18-4-13-5-21(28-9-14(13)8-27-18)29-22(31)30-16-2-3-17(30)7-15(6-16)26-11-20(23)24/h4-5,8-10,15-17,20,26H,2-3,6-7,11H2,1H3,(H,28,29,31)/t15-,16+,17-. The Morgan fingerprint density at radius 2 is 1.88 bits per heavy atom. The molecule has 168 valence electrons. The van der Waals surface area contributed by atoms with Crippen molar-refractivity contribution in [3.05, 3.63) is 36.6 Å². The minimum Gasteiger partial charge on any atom is -0.439 e. The van der Waals surface area contributed by atoms with Gasteiger partial charge in [0.15, 0.2) is 11.7 Å². The van der Waals surface area contributed by atoms with E-state index in [1.807, 2.05) is 11.0 Å². The van der Waals surface area contributed by atoms with Crippen molar-refractivity contribution in [3.8, 4) is 11.5 Å². The van der Waals surface area contributed by atoms with Crippen LogP contribution in [0.4, 0.5) is 19.4 Å². The van der Waals surface area contributed by atoms with E-state index in [1.54, 1.807) is 31.6 Å². The zero-order valence-electron chi connectivity index (χ0n) is 17.6. The first-order valence-electron chi connectivity index (χ1n) is 10.8. The fraction of sp³-hybridized carbons (Fsp3) is 0.455. The SMILES string of the molecule is Cc1ncc(-c2cc3cc(NC(=O)N4[C@@H]5CC[C@H]4C[C@@H](NCC(F)F)C5)ncc3cn2)o1. The number of carbonyl (C=O) groups is 1. The summed E-state index contributed by atoms with van der Waals surface area (Å²) in [5, 5.41) is 7.55. The summed E-state index contributed by atoms with van der Waals surface area (Å²) in [7, 11) is 0. The van der Waals surface area contributed by atoms with Gasteiger partial charge < -0.3 is 14.6 Å². The van der Waals surface area contributed by atoms with Gasteiger partial charge in [-0.3, -0.25) is 10.3 Å². The summed E-state index contributed by atoms with van der Waals surface area (Å²) in [6, 6.07) is 3.60. The molecule has 0 unspecified atom stereocenters. The van der Waals surface area contributed by atoms with Gasteiger partial charge in [-0.25, -0.2) is 23.5 Å². The molecular formula is C22H24F2N6O2. The highest BCUT2D eigenvalue weighted by Gasteiger charge is 2.43. The summed E-state index contributed by atoms with van der Waals surface area (Å²) in [6.07, 6.45) is 5.80. The number of alkyl halides is 2. The van der Waals surface area contributed by atoms with Crippen LogP contribution in [0.3, 0.4) is 0 Å². The number of rotatable bonds is 5. The van der Waals surface area contributed by atoms with Crippen LogP contribution < -0.4 is 10.6 Å². The summed E-state index contributed by atoms with van der Waals surface area (Å²) in [4.78, 5) is 27.7. The second kappa shape index (κ2) is 8.42. The van der Waals surface area contributed by atoms with Crippen molar-refractivity contribution in [2.75, 3.05) is 11.9 Å². The lowest BCUT2D eigenvalue weighted by molar-refractivity contribution is 0.115. The third kappa shape index (κ3) is 4.14. The number of pyridine rings is 2. The van der Waals surface area contributed by atoms with Gasteiger partial charge in [0.1, 0.15) is 11.5 Å². The lowest BCUT2D eigenvalue weighted by atomic mass is 9.97. The van der Waals surface area contributed by atoms with E-state index in [2.05, 4.69) is 25.6 Å². The maximum atomic E-state index is 13.0. The molecule has 2 saturated heterocycles. The molecule has 0 aromatic carbocycles. The van der Waals surface area contributed by atoms with E-state index >= 15 is 0 Å². The number of fused-ring (bicyclic) bond motifs is 3. The number of nitrogens with one attached hydrogen (secondary N) is 2. The predicted octanol–water partition coefficient (Wildman–Crippen LogP) is 3.98. The summed E-state index contributed by atoms with van der Waals surface area (Å²) in [5.41, 5.74) is 0.651. The van der Waals surface area contributed by atoms with E-state index in [4.69, 9.17) is 4.42 Å². The molecule has 0 radical (unpaired) electrons. The Labute approximate surface area is 183 Å². The zero-order chi connectivity index (χ0) is 22.2. The average Bonchev–Trinajstić information content (AvgIpc) is 3.32. The van der Waals surface area contributed by atoms with Gasteiger partial charge >= 0.3 is 6.03 Å². The largest absolute Gasteiger partial charge is 0.439 e. The Balaban J connectivity index is 1.29. The van der Waals surface area contributed by atoms with Crippen LogP contribution in [0.25, 0.3) is 22.2 Å². The smallest absolute Gasteiger partial charge is 0.323 e. The Morgan fingerprint density at radius 3 is 2.56 bits per heavy atom. The number of amides is 2. The number of anilines is 1. The number of carbonyl (C=O) groups excluding carboxylic acids is 1. The van der Waals surface area contributed by atoms with Gasteiger partial charge in [0, 0.05) is 42.8 Å². The first-order chi connectivity index (χ1) is 15.5. The van der Waals surface area contributed by atoms with E-state index in [0.29, 0.717) is 36.0 Å². The number of piperidine rings is 1. The van der Waals surface area contributed by atoms with Gasteiger partial charge in [-0.05, 0) is 43.2 Å². The first kappa shape index (κ1) is 20.7. The van der Waals surface area contributed by atoms with Crippen molar-refractivity contribution < 1.29 is 18.0 Å². The second-order valence-corrected chi connectivity index (χ2v) is 8.42. The molecule has 2 aliphatic heterocycles. The normalized spacial score (nSPS) is 22.6. The number of urea groups is 1. The zero-order valence-corrected chi connectivity index (χ0v) is 17.6. The average molecular weight is 442 g/mol. The number of aryl methyl sites for hydroxylation is 1. The summed E-state index contributed by atoms with van der Waals surface area (Å²) in [6.45, 7) is 1.47. The maximum Gasteiger partial charge on any atom is 0.323 e. The Morgan fingerprint density at radius 1 is 1.12 bits per heavy atom. The highest BCUT2D eigenvalue weighted by atomic mass is 19.3. The van der Waals surface area contributed by atoms with Gasteiger partial charge in [-0.15, -0.1) is 0 Å². The van der Waals surface area contributed by atoms with Crippen LogP contribution >= 0.6 is 0 Å². The summed E-state index contributed by atoms with van der Waals surface area (Å²) >= 11 is 0. The molecule has 3 aromatic heterocycles. The molecule has 0 saturated carbocycles. The van der Waals surface area contributed by atoms with Crippen LogP contribution in [0.1, 0.15) is 31.6 Å². The van der Waals surface area contributed by atoms with Gasteiger partial charge in [0.05, 0.1) is 12.7 Å². The van der Waals surface area contributed by atoms with Gasteiger partial charge in [-0.1, -0.05) is 0 Å². The van der Waals surface area contributed by atoms with E-state index < -0.39 is 6.43 Å². The molecular weight excluding hydrogens is 418 g/mol. The topological polar surface area (TPSA) is 96.2 Å². The van der Waals surface area contributed by atoms with Gasteiger partial charge in [0.25, 0.3) is 6.43 Å². The molecule has 0 aliphatic carbocycles. The van der Waals surface area contributed by atoms with E-state index in [9.17, 15) is 13.6 Å². The molecule has 2 amide bonds. The third-order valence-corrected chi connectivity index (χ3v) is 6.24. The molecule has 3 atom stereocenters. The summed E-state index contributed by atoms with van der Waals surface area (Å²) < 4.78 is 30.6. The van der Waals surface area contributed by atoms with E-state index in [1.165, 1.54) is 0 Å². The lowest BCUT2D eigenvalue weighted by Gasteiger charge is -2.39. The fourth-order valence-electron chi connectivity index (χ4n) is 4.83. The molecule has 2 bridgehead atoms. The molecule has 5 rings (SSSR count). The van der Waals surface area contributed by atoms with Crippen LogP contribution in [0.2, 0.25) is 0 Å². The highest BCUT2D eigenvalue weighted by molar-refractivity contribution is 5.92. The van der Waals surface area contributed by atoms with Crippen molar-refractivity contribution in [2.45, 2.75) is 57.2 Å². The predicted molar refractivity (Wildman–Crippen MR) is 114 cm³/mol. The molecule has 0 spiro atoms. The van der Waals surface area contributed by atoms with E-state index in [-0.39, 0.29) is 30.7 Å². The maximum absolute atomic E-state index is 13.0. The third-order valence-electron chi connectivity index (χ3n) is 6.24. The first-order valence-corrected chi connectivity index (χ1v) is 10.8. The minimum atomic E-state index is -2.36. The molecule has 5 heterocycles. The highest BCUT2D eigenvalue weighted by Crippen LogP contribution is 2.36. The van der Waals surface area contributed by atoms with Crippen molar-refractivity contribution in [1.29, 1.82) is 0 Å². The number of oxazole rings is 1. The molecule has 2 fully saturated rings. The van der Waals surface area contributed by atoms with Crippen molar-refractivity contribution >= 4 is 22.6 Å². The molecule has 3 aromatic rings.